The van der Waals surface area contributed by atoms with Gasteiger partial charge in [-0.1, -0.05) is 51.0 Å². The minimum atomic E-state index is -0.761. The van der Waals surface area contributed by atoms with Gasteiger partial charge in [-0.15, -0.1) is 0 Å². The van der Waals surface area contributed by atoms with Crippen LogP contribution in [0.2, 0.25) is 0 Å². The van der Waals surface area contributed by atoms with Crippen molar-refractivity contribution in [2.24, 2.45) is 0 Å². The maximum Gasteiger partial charge on any atom is 0.300 e. The number of ketones is 1. The van der Waals surface area contributed by atoms with Gasteiger partial charge < -0.3 is 14.7 Å². The molecule has 1 aliphatic rings. The first-order chi connectivity index (χ1) is 19.4. The van der Waals surface area contributed by atoms with E-state index >= 15 is 0 Å². The van der Waals surface area contributed by atoms with Crippen molar-refractivity contribution in [1.29, 1.82) is 0 Å². The molecule has 1 amide bonds. The molecule has 1 fully saturated rings. The summed E-state index contributed by atoms with van der Waals surface area (Å²) in [5.41, 5.74) is 4.12. The Labute approximate surface area is 237 Å². The molecule has 0 radical (unpaired) electrons. The number of rotatable bonds is 12. The second-order valence-corrected chi connectivity index (χ2v) is 10.0. The number of Topliss-reactive ketones (excluding diaryl/α,β-unsaturated/α-hetero) is 1. The number of aliphatic hydroxyl groups excluding tert-OH is 1. The maximum absolute atomic E-state index is 13.5. The van der Waals surface area contributed by atoms with Gasteiger partial charge in [0.05, 0.1) is 18.2 Å². The summed E-state index contributed by atoms with van der Waals surface area (Å²) in [6.45, 7) is 10.8. The van der Waals surface area contributed by atoms with Gasteiger partial charge in [0.25, 0.3) is 11.7 Å². The number of hydrogen-bond donors (Lipinski definition) is 1. The van der Waals surface area contributed by atoms with Crippen LogP contribution >= 0.6 is 0 Å². The van der Waals surface area contributed by atoms with Crippen molar-refractivity contribution >= 4 is 28.8 Å². The zero-order valence-corrected chi connectivity index (χ0v) is 24.0. The van der Waals surface area contributed by atoms with E-state index in [2.05, 4.69) is 32.6 Å². The van der Waals surface area contributed by atoms with Crippen molar-refractivity contribution in [3.63, 3.8) is 0 Å². The number of amides is 1. The molecule has 1 unspecified atom stereocenters. The molecule has 6 heteroatoms. The molecule has 4 rings (SSSR count). The number of carbonyl (C=O) groups excluding carboxylic acids is 2. The number of carbonyl (C=O) groups is 2. The highest BCUT2D eigenvalue weighted by Gasteiger charge is 2.47. The molecule has 0 bridgehead atoms. The largest absolute Gasteiger partial charge is 0.507 e. The molecule has 1 saturated heterocycles. The van der Waals surface area contributed by atoms with Crippen LogP contribution in [-0.4, -0.2) is 36.5 Å². The van der Waals surface area contributed by atoms with Crippen molar-refractivity contribution in [3.05, 3.63) is 95.1 Å². The van der Waals surface area contributed by atoms with Crippen LogP contribution in [0.5, 0.6) is 5.75 Å². The molecule has 0 aromatic heterocycles. The van der Waals surface area contributed by atoms with E-state index in [0.29, 0.717) is 23.6 Å². The molecule has 40 heavy (non-hydrogen) atoms. The molecular formula is C34H40N2O4. The van der Waals surface area contributed by atoms with Crippen LogP contribution in [0.1, 0.15) is 69.7 Å². The minimum absolute atomic E-state index is 0.0803. The van der Waals surface area contributed by atoms with Gasteiger partial charge in [0.15, 0.2) is 0 Å². The predicted octanol–water partition coefficient (Wildman–Crippen LogP) is 7.29. The second-order valence-electron chi connectivity index (χ2n) is 10.0. The van der Waals surface area contributed by atoms with E-state index in [1.54, 1.807) is 24.3 Å². The fourth-order valence-corrected chi connectivity index (χ4v) is 5.17. The zero-order valence-electron chi connectivity index (χ0n) is 24.0. The van der Waals surface area contributed by atoms with Crippen LogP contribution in [0, 0.1) is 0 Å². The number of anilines is 2. The molecule has 1 heterocycles. The van der Waals surface area contributed by atoms with E-state index in [-0.39, 0.29) is 11.3 Å². The van der Waals surface area contributed by atoms with Crippen molar-refractivity contribution in [1.82, 2.24) is 0 Å². The SMILES string of the molecule is CCCCCOc1ccc(/C(O)=C2/C(=O)C(=O)N(c3ccc(CC)cc3)C2c2ccc(N(CC)CC)cc2)cc1. The summed E-state index contributed by atoms with van der Waals surface area (Å²) in [7, 11) is 0. The molecule has 3 aromatic rings. The normalized spacial score (nSPS) is 16.4. The van der Waals surface area contributed by atoms with Crippen molar-refractivity contribution in [2.75, 3.05) is 29.5 Å². The Kier molecular flexibility index (Phi) is 9.65. The van der Waals surface area contributed by atoms with Crippen LogP contribution in [-0.2, 0) is 16.0 Å². The molecular weight excluding hydrogens is 500 g/mol. The number of unbranched alkanes of at least 4 members (excludes halogenated alkanes) is 2. The molecule has 210 valence electrons. The van der Waals surface area contributed by atoms with E-state index in [4.69, 9.17) is 4.74 Å². The molecule has 0 aliphatic carbocycles. The molecule has 1 N–H and O–H groups in total. The summed E-state index contributed by atoms with van der Waals surface area (Å²) in [6, 6.07) is 21.8. The highest BCUT2D eigenvalue weighted by atomic mass is 16.5. The van der Waals surface area contributed by atoms with Gasteiger partial charge in [-0.05, 0) is 86.3 Å². The maximum atomic E-state index is 13.5. The lowest BCUT2D eigenvalue weighted by molar-refractivity contribution is -0.132. The Morgan fingerprint density at radius 1 is 0.850 bits per heavy atom. The summed E-state index contributed by atoms with van der Waals surface area (Å²) in [5.74, 6) is -0.844. The first-order valence-electron chi connectivity index (χ1n) is 14.4. The summed E-state index contributed by atoms with van der Waals surface area (Å²) >= 11 is 0. The number of aryl methyl sites for hydroxylation is 1. The van der Waals surface area contributed by atoms with Crippen LogP contribution in [0.4, 0.5) is 11.4 Å². The monoisotopic (exact) mass is 540 g/mol. The van der Waals surface area contributed by atoms with Crippen LogP contribution < -0.4 is 14.5 Å². The number of hydrogen-bond acceptors (Lipinski definition) is 5. The highest BCUT2D eigenvalue weighted by molar-refractivity contribution is 6.51. The molecule has 3 aromatic carbocycles. The Morgan fingerprint density at radius 2 is 1.50 bits per heavy atom. The average Bonchev–Trinajstić information content (AvgIpc) is 3.26. The number of aliphatic hydroxyl groups is 1. The highest BCUT2D eigenvalue weighted by Crippen LogP contribution is 2.42. The fraction of sp³-hybridized carbons (Fsp3) is 0.353. The lowest BCUT2D eigenvalue weighted by Gasteiger charge is -2.27. The Hall–Kier alpha value is -4.06. The van der Waals surface area contributed by atoms with E-state index in [9.17, 15) is 14.7 Å². The molecule has 1 aliphatic heterocycles. The third-order valence-corrected chi connectivity index (χ3v) is 7.55. The van der Waals surface area contributed by atoms with Gasteiger partial charge in [0.1, 0.15) is 11.5 Å². The van der Waals surface area contributed by atoms with Crippen LogP contribution in [0.15, 0.2) is 78.4 Å². The summed E-state index contributed by atoms with van der Waals surface area (Å²) in [6.07, 6.45) is 4.08. The molecule has 1 atom stereocenters. The van der Waals surface area contributed by atoms with Crippen LogP contribution in [0.25, 0.3) is 5.76 Å². The number of nitrogens with zero attached hydrogens (tertiary/aromatic N) is 2. The first-order valence-corrected chi connectivity index (χ1v) is 14.4. The van der Waals surface area contributed by atoms with Gasteiger partial charge in [-0.3, -0.25) is 14.5 Å². The fourth-order valence-electron chi connectivity index (χ4n) is 5.17. The van der Waals surface area contributed by atoms with Gasteiger partial charge in [-0.2, -0.15) is 0 Å². The third-order valence-electron chi connectivity index (χ3n) is 7.55. The van der Waals surface area contributed by atoms with E-state index in [1.165, 1.54) is 4.90 Å². The minimum Gasteiger partial charge on any atom is -0.507 e. The standard InChI is InChI=1S/C34H40N2O4/c1-5-9-10-23-40-29-21-15-26(16-22-29)32(37)30-31(25-13-19-27(20-14-25)35(7-3)8-4)36(34(39)33(30)38)28-17-11-24(6-2)12-18-28/h11-22,31,37H,5-10,23H2,1-4H3/b32-30-. The summed E-state index contributed by atoms with van der Waals surface area (Å²) in [4.78, 5) is 30.7. The van der Waals surface area contributed by atoms with E-state index in [0.717, 1.165) is 55.6 Å². The van der Waals surface area contributed by atoms with E-state index in [1.807, 2.05) is 48.5 Å². The van der Waals surface area contributed by atoms with E-state index < -0.39 is 17.7 Å². The van der Waals surface area contributed by atoms with Crippen LogP contribution in [0.3, 0.4) is 0 Å². The van der Waals surface area contributed by atoms with Gasteiger partial charge in [0, 0.05) is 30.0 Å². The van der Waals surface area contributed by atoms with Crippen molar-refractivity contribution in [2.45, 2.75) is 59.4 Å². The third kappa shape index (κ3) is 6.06. The quantitative estimate of drug-likeness (QED) is 0.113. The zero-order chi connectivity index (χ0) is 28.6. The lowest BCUT2D eigenvalue weighted by Crippen LogP contribution is -2.29. The second kappa shape index (κ2) is 13.3. The summed E-state index contributed by atoms with van der Waals surface area (Å²) in [5, 5.41) is 11.5. The molecule has 0 saturated carbocycles. The molecule has 0 spiro atoms. The number of ether oxygens (including phenoxy) is 1. The average molecular weight is 541 g/mol. The Morgan fingerprint density at radius 3 is 2.08 bits per heavy atom. The smallest absolute Gasteiger partial charge is 0.300 e. The van der Waals surface area contributed by atoms with Crippen molar-refractivity contribution in [3.8, 4) is 5.75 Å². The van der Waals surface area contributed by atoms with Gasteiger partial charge in [0.2, 0.25) is 0 Å². The predicted molar refractivity (Wildman–Crippen MR) is 162 cm³/mol. The first kappa shape index (κ1) is 28.9. The number of benzene rings is 3. The van der Waals surface area contributed by atoms with Gasteiger partial charge >= 0.3 is 0 Å². The Bertz CT molecular complexity index is 1320. The van der Waals surface area contributed by atoms with Gasteiger partial charge in [-0.25, -0.2) is 0 Å². The lowest BCUT2D eigenvalue weighted by atomic mass is 9.94. The molecule has 6 nitrogen and oxygen atoms in total. The van der Waals surface area contributed by atoms with Crippen molar-refractivity contribution < 1.29 is 19.4 Å². The Balaban J connectivity index is 1.76. The topological polar surface area (TPSA) is 70.1 Å². The summed E-state index contributed by atoms with van der Waals surface area (Å²) < 4.78 is 5.81.